The van der Waals surface area contributed by atoms with E-state index < -0.39 is 0 Å². The van der Waals surface area contributed by atoms with Gasteiger partial charge >= 0.3 is 0 Å². The number of rotatable bonds is 3. The smallest absolute Gasteiger partial charge is 0.232 e. The molecule has 0 spiro atoms. The predicted octanol–water partition coefficient (Wildman–Crippen LogP) is 6.22. The van der Waals surface area contributed by atoms with Crippen LogP contribution in [0.25, 0.3) is 0 Å². The summed E-state index contributed by atoms with van der Waals surface area (Å²) in [6.07, 6.45) is 1.49. The molecule has 160 valence electrons. The fourth-order valence-corrected chi connectivity index (χ4v) is 5.24. The van der Waals surface area contributed by atoms with Crippen LogP contribution in [0.5, 0.6) is 0 Å². The fraction of sp³-hybridized carbons (Fsp3) is 0.241. The lowest BCUT2D eigenvalue weighted by Crippen LogP contribution is -2.41. The summed E-state index contributed by atoms with van der Waals surface area (Å²) in [5.74, 6) is 0.126. The van der Waals surface area contributed by atoms with Gasteiger partial charge in [-0.25, -0.2) is 0 Å². The maximum absolute atomic E-state index is 13.6. The van der Waals surface area contributed by atoms with Gasteiger partial charge in [0, 0.05) is 35.7 Å². The average molecular weight is 422 g/mol. The molecule has 0 N–H and O–H groups in total. The van der Waals surface area contributed by atoms with Gasteiger partial charge in [-0.3, -0.25) is 14.5 Å². The molecule has 0 bridgehead atoms. The van der Waals surface area contributed by atoms with Crippen LogP contribution >= 0.6 is 0 Å². The summed E-state index contributed by atoms with van der Waals surface area (Å²) in [6, 6.07) is 26.4. The first kappa shape index (κ1) is 20.4. The minimum absolute atomic E-state index is 0.0577. The van der Waals surface area contributed by atoms with Crippen molar-refractivity contribution in [2.75, 3.05) is 4.90 Å². The van der Waals surface area contributed by atoms with Crippen LogP contribution in [-0.4, -0.2) is 11.7 Å². The number of amides is 1. The lowest BCUT2D eigenvalue weighted by molar-refractivity contribution is -0.120. The normalized spacial score (nSPS) is 21.0. The van der Waals surface area contributed by atoms with Gasteiger partial charge in [0.1, 0.15) is 0 Å². The van der Waals surface area contributed by atoms with Crippen molar-refractivity contribution in [3.05, 3.63) is 112 Å². The molecule has 1 aliphatic carbocycles. The van der Waals surface area contributed by atoms with E-state index in [1.54, 1.807) is 0 Å². The number of carbonyl (C=O) groups is 2. The zero-order valence-corrected chi connectivity index (χ0v) is 18.5. The first-order chi connectivity index (χ1) is 15.5. The molecule has 0 saturated heterocycles. The Kier molecular flexibility index (Phi) is 5.26. The molecule has 2 unspecified atom stereocenters. The van der Waals surface area contributed by atoms with Gasteiger partial charge < -0.3 is 0 Å². The third-order valence-corrected chi connectivity index (χ3v) is 6.70. The van der Waals surface area contributed by atoms with E-state index in [1.165, 1.54) is 0 Å². The van der Waals surface area contributed by atoms with Crippen LogP contribution in [0.2, 0.25) is 0 Å². The second-order valence-corrected chi connectivity index (χ2v) is 9.04. The Balaban J connectivity index is 1.67. The van der Waals surface area contributed by atoms with Crippen molar-refractivity contribution in [3.63, 3.8) is 0 Å². The molecule has 3 heteroatoms. The van der Waals surface area contributed by atoms with Crippen LogP contribution in [0.15, 0.2) is 90.1 Å². The molecule has 5 rings (SSSR count). The zero-order chi connectivity index (χ0) is 22.2. The highest BCUT2D eigenvalue weighted by Gasteiger charge is 2.42. The van der Waals surface area contributed by atoms with Crippen LogP contribution in [0.4, 0.5) is 5.69 Å². The van der Waals surface area contributed by atoms with Crippen LogP contribution in [0.1, 0.15) is 53.4 Å². The van der Waals surface area contributed by atoms with Crippen molar-refractivity contribution in [3.8, 4) is 0 Å². The largest absolute Gasteiger partial charge is 0.294 e. The van der Waals surface area contributed by atoms with Crippen LogP contribution < -0.4 is 4.90 Å². The van der Waals surface area contributed by atoms with Crippen LogP contribution in [-0.2, 0) is 9.59 Å². The Labute approximate surface area is 189 Å². The van der Waals surface area contributed by atoms with Gasteiger partial charge in [-0.15, -0.1) is 0 Å². The van der Waals surface area contributed by atoms with Gasteiger partial charge in [0.15, 0.2) is 5.78 Å². The number of anilines is 1. The molecule has 0 saturated carbocycles. The first-order valence-electron chi connectivity index (χ1n) is 11.3. The highest BCUT2D eigenvalue weighted by molar-refractivity contribution is 6.08. The van der Waals surface area contributed by atoms with Gasteiger partial charge in [-0.05, 0) is 55.0 Å². The number of Topliss-reactive ketones (excluding diaryl/α,β-unsaturated/α-hetero) is 1. The quantitative estimate of drug-likeness (QED) is 0.503. The van der Waals surface area contributed by atoms with E-state index in [0.717, 1.165) is 39.2 Å². The maximum atomic E-state index is 13.6. The summed E-state index contributed by atoms with van der Waals surface area (Å²) >= 11 is 0. The summed E-state index contributed by atoms with van der Waals surface area (Å²) in [6.45, 7) is 4.08. The van der Waals surface area contributed by atoms with Gasteiger partial charge in [-0.1, -0.05) is 72.3 Å². The molecule has 1 aliphatic heterocycles. The lowest BCUT2D eigenvalue weighted by Gasteiger charge is -2.40. The number of aryl methyl sites for hydroxylation is 2. The predicted molar refractivity (Wildman–Crippen MR) is 128 cm³/mol. The number of carbonyl (C=O) groups excluding carboxylic acids is 2. The molecule has 1 heterocycles. The number of benzene rings is 3. The third kappa shape index (κ3) is 3.69. The summed E-state index contributed by atoms with van der Waals surface area (Å²) in [7, 11) is 0. The van der Waals surface area contributed by atoms with E-state index in [1.807, 2.05) is 60.4 Å². The molecule has 3 aromatic carbocycles. The molecule has 0 aromatic heterocycles. The highest BCUT2D eigenvalue weighted by atomic mass is 16.2. The lowest BCUT2D eigenvalue weighted by atomic mass is 9.72. The molecule has 1 amide bonds. The maximum Gasteiger partial charge on any atom is 0.232 e. The van der Waals surface area contributed by atoms with E-state index in [9.17, 15) is 9.59 Å². The second kappa shape index (κ2) is 8.23. The molecule has 2 atom stereocenters. The van der Waals surface area contributed by atoms with Gasteiger partial charge in [-0.2, -0.15) is 0 Å². The Bertz CT molecular complexity index is 1220. The van der Waals surface area contributed by atoms with Crippen molar-refractivity contribution in [2.45, 2.75) is 44.9 Å². The van der Waals surface area contributed by atoms with Crippen molar-refractivity contribution in [2.24, 2.45) is 0 Å². The molecule has 32 heavy (non-hydrogen) atoms. The van der Waals surface area contributed by atoms with Crippen molar-refractivity contribution in [1.29, 1.82) is 0 Å². The van der Waals surface area contributed by atoms with E-state index in [-0.39, 0.29) is 23.5 Å². The number of ketones is 1. The van der Waals surface area contributed by atoms with Crippen molar-refractivity contribution < 1.29 is 9.59 Å². The Hall–Kier alpha value is -3.46. The molecule has 3 nitrogen and oxygen atoms in total. The summed E-state index contributed by atoms with van der Waals surface area (Å²) in [5.41, 5.74) is 7.01. The van der Waals surface area contributed by atoms with E-state index in [4.69, 9.17) is 0 Å². The number of allylic oxidation sites excluding steroid dienone is 2. The molecule has 0 radical (unpaired) electrons. The van der Waals surface area contributed by atoms with Gasteiger partial charge in [0.05, 0.1) is 0 Å². The Morgan fingerprint density at radius 3 is 2.12 bits per heavy atom. The summed E-state index contributed by atoms with van der Waals surface area (Å²) < 4.78 is 0. The molecule has 3 aromatic rings. The standard InChI is InChI=1S/C29H27NO2/c1-19-8-6-12-22(14-19)25-18-28(32)30(24-13-7-9-20(2)15-24)26-16-23(17-27(31)29(25)26)21-10-4-3-5-11-21/h3-15,23,25H,16-18H2,1-2H3. The van der Waals surface area contributed by atoms with Crippen LogP contribution in [0, 0.1) is 13.8 Å². The molecule has 0 fully saturated rings. The van der Waals surface area contributed by atoms with E-state index in [2.05, 4.69) is 37.3 Å². The topological polar surface area (TPSA) is 37.4 Å². The second-order valence-electron chi connectivity index (χ2n) is 9.04. The number of hydrogen-bond acceptors (Lipinski definition) is 2. The molecular formula is C29H27NO2. The Morgan fingerprint density at radius 2 is 1.41 bits per heavy atom. The third-order valence-electron chi connectivity index (χ3n) is 6.70. The fourth-order valence-electron chi connectivity index (χ4n) is 5.24. The SMILES string of the molecule is Cc1cccc(C2CC(=O)N(c3cccc(C)c3)C3=C2C(=O)CC(c2ccccc2)C3)c1. The number of hydrogen-bond donors (Lipinski definition) is 0. The van der Waals surface area contributed by atoms with Crippen LogP contribution in [0.3, 0.4) is 0 Å². The van der Waals surface area contributed by atoms with Crippen molar-refractivity contribution >= 4 is 17.4 Å². The first-order valence-corrected chi connectivity index (χ1v) is 11.3. The van der Waals surface area contributed by atoms with Gasteiger partial charge in [0.2, 0.25) is 5.91 Å². The minimum Gasteiger partial charge on any atom is -0.294 e. The van der Waals surface area contributed by atoms with Gasteiger partial charge in [0.25, 0.3) is 0 Å². The molecule has 2 aliphatic rings. The monoisotopic (exact) mass is 421 g/mol. The molecular weight excluding hydrogens is 394 g/mol. The summed E-state index contributed by atoms with van der Waals surface area (Å²) in [4.78, 5) is 29.0. The average Bonchev–Trinajstić information content (AvgIpc) is 2.79. The Morgan fingerprint density at radius 1 is 0.719 bits per heavy atom. The zero-order valence-electron chi connectivity index (χ0n) is 18.5. The minimum atomic E-state index is -0.178. The highest BCUT2D eigenvalue weighted by Crippen LogP contribution is 2.47. The van der Waals surface area contributed by atoms with E-state index >= 15 is 0 Å². The van der Waals surface area contributed by atoms with Crippen molar-refractivity contribution in [1.82, 2.24) is 0 Å². The number of nitrogens with zero attached hydrogens (tertiary/aromatic N) is 1. The van der Waals surface area contributed by atoms with E-state index in [0.29, 0.717) is 19.3 Å². The summed E-state index contributed by atoms with van der Waals surface area (Å²) in [5, 5.41) is 0.